The normalized spacial score (nSPS) is 19.7. The van der Waals surface area contributed by atoms with E-state index in [1.165, 1.54) is 50.9 Å². The molecule has 4 nitrogen and oxygen atoms in total. The molecule has 102 valence electrons. The van der Waals surface area contributed by atoms with Gasteiger partial charge < -0.3 is 10.2 Å². The first-order valence-corrected chi connectivity index (χ1v) is 7.20. The zero-order chi connectivity index (χ0) is 12.8. The van der Waals surface area contributed by atoms with Crippen LogP contribution in [0.3, 0.4) is 0 Å². The first-order valence-electron chi connectivity index (χ1n) is 7.20. The SMILES string of the molecule is CC(NCCN1CCCCCC1)c1cnn(C)c1. The molecule has 1 unspecified atom stereocenters. The van der Waals surface area contributed by atoms with Gasteiger partial charge in [-0.25, -0.2) is 0 Å². The van der Waals surface area contributed by atoms with E-state index in [4.69, 9.17) is 0 Å². The molecule has 0 radical (unpaired) electrons. The molecule has 0 bridgehead atoms. The summed E-state index contributed by atoms with van der Waals surface area (Å²) in [5.74, 6) is 0. The molecule has 1 N–H and O–H groups in total. The van der Waals surface area contributed by atoms with Crippen molar-refractivity contribution in [3.63, 3.8) is 0 Å². The Morgan fingerprint density at radius 2 is 2.00 bits per heavy atom. The second kappa shape index (κ2) is 6.90. The number of hydrogen-bond acceptors (Lipinski definition) is 3. The van der Waals surface area contributed by atoms with Gasteiger partial charge in [0.2, 0.25) is 0 Å². The van der Waals surface area contributed by atoms with Crippen LogP contribution in [0.4, 0.5) is 0 Å². The van der Waals surface area contributed by atoms with Gasteiger partial charge in [-0.15, -0.1) is 0 Å². The number of hydrogen-bond donors (Lipinski definition) is 1. The third kappa shape index (κ3) is 4.10. The maximum absolute atomic E-state index is 4.21. The molecule has 0 aliphatic carbocycles. The summed E-state index contributed by atoms with van der Waals surface area (Å²) in [5, 5.41) is 7.80. The second-order valence-corrected chi connectivity index (χ2v) is 5.38. The predicted octanol–water partition coefficient (Wildman–Crippen LogP) is 1.95. The Balaban J connectivity index is 1.68. The van der Waals surface area contributed by atoms with Crippen LogP contribution in [0.15, 0.2) is 12.4 Å². The van der Waals surface area contributed by atoms with Crippen molar-refractivity contribution >= 4 is 0 Å². The Bertz CT molecular complexity index is 339. The smallest absolute Gasteiger partial charge is 0.0537 e. The predicted molar refractivity (Wildman–Crippen MR) is 74.5 cm³/mol. The lowest BCUT2D eigenvalue weighted by molar-refractivity contribution is 0.280. The zero-order valence-corrected chi connectivity index (χ0v) is 11.7. The van der Waals surface area contributed by atoms with Gasteiger partial charge in [0.1, 0.15) is 0 Å². The maximum Gasteiger partial charge on any atom is 0.0537 e. The van der Waals surface area contributed by atoms with Gasteiger partial charge in [0.15, 0.2) is 0 Å². The van der Waals surface area contributed by atoms with E-state index in [0.29, 0.717) is 6.04 Å². The van der Waals surface area contributed by atoms with E-state index < -0.39 is 0 Å². The zero-order valence-electron chi connectivity index (χ0n) is 11.7. The van der Waals surface area contributed by atoms with Crippen LogP contribution in [-0.2, 0) is 7.05 Å². The molecule has 0 spiro atoms. The summed E-state index contributed by atoms with van der Waals surface area (Å²) in [6, 6.07) is 0.394. The highest BCUT2D eigenvalue weighted by Gasteiger charge is 2.10. The minimum atomic E-state index is 0.394. The van der Waals surface area contributed by atoms with E-state index in [1.54, 1.807) is 0 Å². The van der Waals surface area contributed by atoms with Gasteiger partial charge in [-0.05, 0) is 32.9 Å². The lowest BCUT2D eigenvalue weighted by Gasteiger charge is -2.21. The van der Waals surface area contributed by atoms with Gasteiger partial charge in [0, 0.05) is 37.9 Å². The van der Waals surface area contributed by atoms with Crippen molar-refractivity contribution in [2.45, 2.75) is 38.6 Å². The van der Waals surface area contributed by atoms with Crippen LogP contribution >= 0.6 is 0 Å². The molecule has 4 heteroatoms. The summed E-state index contributed by atoms with van der Waals surface area (Å²) in [6.45, 7) is 7.01. The highest BCUT2D eigenvalue weighted by molar-refractivity contribution is 5.08. The average molecular weight is 250 g/mol. The molecule has 0 saturated carbocycles. The molecule has 1 fully saturated rings. The number of nitrogens with zero attached hydrogens (tertiary/aromatic N) is 3. The molecule has 2 heterocycles. The minimum absolute atomic E-state index is 0.394. The summed E-state index contributed by atoms with van der Waals surface area (Å²) in [6.07, 6.45) is 9.61. The van der Waals surface area contributed by atoms with Crippen LogP contribution in [0.1, 0.15) is 44.2 Å². The molecule has 1 atom stereocenters. The summed E-state index contributed by atoms with van der Waals surface area (Å²) in [4.78, 5) is 2.59. The van der Waals surface area contributed by atoms with Crippen molar-refractivity contribution in [2.75, 3.05) is 26.2 Å². The molecule has 1 aromatic rings. The Morgan fingerprint density at radius 1 is 1.28 bits per heavy atom. The summed E-state index contributed by atoms with van der Waals surface area (Å²) < 4.78 is 1.86. The molecular formula is C14H26N4. The summed E-state index contributed by atoms with van der Waals surface area (Å²) in [5.41, 5.74) is 1.27. The Morgan fingerprint density at radius 3 is 2.61 bits per heavy atom. The van der Waals surface area contributed by atoms with E-state index >= 15 is 0 Å². The Hall–Kier alpha value is -0.870. The molecule has 2 rings (SSSR count). The lowest BCUT2D eigenvalue weighted by Crippen LogP contribution is -2.33. The number of nitrogens with one attached hydrogen (secondary N) is 1. The number of aryl methyl sites for hydroxylation is 1. The molecule has 1 aliphatic heterocycles. The molecule has 0 amide bonds. The maximum atomic E-state index is 4.21. The van der Waals surface area contributed by atoms with Gasteiger partial charge in [0.05, 0.1) is 6.20 Å². The topological polar surface area (TPSA) is 33.1 Å². The summed E-state index contributed by atoms with van der Waals surface area (Å²) in [7, 11) is 1.97. The van der Waals surface area contributed by atoms with Crippen LogP contribution in [0.2, 0.25) is 0 Å². The molecular weight excluding hydrogens is 224 g/mol. The average Bonchev–Trinajstić information content (AvgIpc) is 2.63. The minimum Gasteiger partial charge on any atom is -0.309 e. The molecule has 1 aromatic heterocycles. The van der Waals surface area contributed by atoms with Crippen molar-refractivity contribution in [1.82, 2.24) is 20.0 Å². The van der Waals surface area contributed by atoms with E-state index in [0.717, 1.165) is 6.54 Å². The van der Waals surface area contributed by atoms with Crippen LogP contribution in [0.5, 0.6) is 0 Å². The van der Waals surface area contributed by atoms with Crippen molar-refractivity contribution in [3.05, 3.63) is 18.0 Å². The van der Waals surface area contributed by atoms with Gasteiger partial charge in [-0.2, -0.15) is 5.10 Å². The van der Waals surface area contributed by atoms with Gasteiger partial charge in [-0.1, -0.05) is 12.8 Å². The fourth-order valence-corrected chi connectivity index (χ4v) is 2.58. The quantitative estimate of drug-likeness (QED) is 0.867. The largest absolute Gasteiger partial charge is 0.309 e. The van der Waals surface area contributed by atoms with Crippen LogP contribution < -0.4 is 5.32 Å². The van der Waals surface area contributed by atoms with E-state index in [-0.39, 0.29) is 0 Å². The van der Waals surface area contributed by atoms with Crippen LogP contribution in [0.25, 0.3) is 0 Å². The standard InChI is InChI=1S/C14H26N4/c1-13(14-11-16-17(2)12-14)15-7-10-18-8-5-3-4-6-9-18/h11-13,15H,3-10H2,1-2H3. The van der Waals surface area contributed by atoms with E-state index in [2.05, 4.69) is 28.4 Å². The first-order chi connectivity index (χ1) is 8.75. The third-order valence-electron chi connectivity index (χ3n) is 3.80. The van der Waals surface area contributed by atoms with Gasteiger partial charge in [-0.3, -0.25) is 4.68 Å². The fraction of sp³-hybridized carbons (Fsp3) is 0.786. The van der Waals surface area contributed by atoms with Crippen LogP contribution in [0, 0.1) is 0 Å². The molecule has 1 aliphatic rings. The fourth-order valence-electron chi connectivity index (χ4n) is 2.58. The molecule has 18 heavy (non-hydrogen) atoms. The molecule has 1 saturated heterocycles. The number of rotatable bonds is 5. The van der Waals surface area contributed by atoms with Crippen molar-refractivity contribution in [2.24, 2.45) is 7.05 Å². The first kappa shape index (κ1) is 13.6. The Labute approximate surface area is 110 Å². The monoisotopic (exact) mass is 250 g/mol. The van der Waals surface area contributed by atoms with Crippen LogP contribution in [-0.4, -0.2) is 40.9 Å². The van der Waals surface area contributed by atoms with Crippen molar-refractivity contribution < 1.29 is 0 Å². The van der Waals surface area contributed by atoms with Crippen molar-refractivity contribution in [1.29, 1.82) is 0 Å². The highest BCUT2D eigenvalue weighted by Crippen LogP contribution is 2.11. The summed E-state index contributed by atoms with van der Waals surface area (Å²) >= 11 is 0. The Kier molecular flexibility index (Phi) is 5.20. The van der Waals surface area contributed by atoms with Gasteiger partial charge in [0.25, 0.3) is 0 Å². The number of likely N-dealkylation sites (tertiary alicyclic amines) is 1. The lowest BCUT2D eigenvalue weighted by atomic mass is 10.2. The van der Waals surface area contributed by atoms with E-state index in [1.807, 2.05) is 17.9 Å². The van der Waals surface area contributed by atoms with Gasteiger partial charge >= 0.3 is 0 Å². The third-order valence-corrected chi connectivity index (χ3v) is 3.80. The number of aromatic nitrogens is 2. The molecule has 0 aromatic carbocycles. The van der Waals surface area contributed by atoms with E-state index in [9.17, 15) is 0 Å². The second-order valence-electron chi connectivity index (χ2n) is 5.38. The van der Waals surface area contributed by atoms with Crippen molar-refractivity contribution in [3.8, 4) is 0 Å². The highest BCUT2D eigenvalue weighted by atomic mass is 15.2.